The summed E-state index contributed by atoms with van der Waals surface area (Å²) in [6.45, 7) is 3.48. The summed E-state index contributed by atoms with van der Waals surface area (Å²) in [5, 5.41) is 2.20. The summed E-state index contributed by atoms with van der Waals surface area (Å²) in [5.41, 5.74) is 1.43. The van der Waals surface area contributed by atoms with E-state index in [2.05, 4.69) is 53.1 Å². The van der Waals surface area contributed by atoms with Crippen molar-refractivity contribution in [1.82, 2.24) is 5.32 Å². The van der Waals surface area contributed by atoms with Crippen LogP contribution in [0, 0.1) is 6.92 Å². The van der Waals surface area contributed by atoms with E-state index in [0.29, 0.717) is 25.9 Å². The second-order valence-corrected chi connectivity index (χ2v) is 9.36. The number of ether oxygens (including phenoxy) is 2. The van der Waals surface area contributed by atoms with Gasteiger partial charge in [-0.2, -0.15) is 0 Å². The summed E-state index contributed by atoms with van der Waals surface area (Å²) < 4.78 is 12.1. The molecule has 0 radical (unpaired) electrons. The van der Waals surface area contributed by atoms with E-state index in [9.17, 15) is 19.2 Å². The number of imide groups is 2. The Morgan fingerprint density at radius 1 is 1.06 bits per heavy atom. The Bertz CT molecular complexity index is 1170. The number of carbonyl (C=O) groups is 4. The number of barbiturate groups is 1. The molecule has 1 aliphatic rings. The van der Waals surface area contributed by atoms with E-state index in [4.69, 9.17) is 9.47 Å². The predicted octanol–water partition coefficient (Wildman–Crippen LogP) is 4.89. The molecule has 2 aromatic rings. The van der Waals surface area contributed by atoms with E-state index in [1.807, 2.05) is 6.92 Å². The maximum Gasteiger partial charge on any atom is 0.344 e. The van der Waals surface area contributed by atoms with Gasteiger partial charge >= 0.3 is 12.0 Å². The molecule has 0 aliphatic carbocycles. The molecule has 0 unspecified atom stereocenters. The number of aryl methyl sites for hydroxylation is 1. The van der Waals surface area contributed by atoms with Gasteiger partial charge in [-0.25, -0.2) is 14.5 Å². The molecule has 1 N–H and O–H groups in total. The molecule has 11 heteroatoms. The smallest absolute Gasteiger partial charge is 0.344 e. The van der Waals surface area contributed by atoms with Crippen molar-refractivity contribution >= 4 is 83.4 Å². The van der Waals surface area contributed by atoms with Gasteiger partial charge in [0.05, 0.1) is 21.2 Å². The van der Waals surface area contributed by atoms with Crippen LogP contribution in [0.2, 0.25) is 0 Å². The lowest BCUT2D eigenvalue weighted by Crippen LogP contribution is -2.54. The van der Waals surface area contributed by atoms with E-state index >= 15 is 0 Å². The van der Waals surface area contributed by atoms with Crippen molar-refractivity contribution in [2.75, 3.05) is 18.1 Å². The Morgan fingerprint density at radius 2 is 1.73 bits per heavy atom. The summed E-state index contributed by atoms with van der Waals surface area (Å²) in [6, 6.07) is 7.39. The van der Waals surface area contributed by atoms with E-state index < -0.39 is 23.8 Å². The van der Waals surface area contributed by atoms with Gasteiger partial charge in [-0.3, -0.25) is 14.9 Å². The van der Waals surface area contributed by atoms with Crippen LogP contribution >= 0.6 is 47.8 Å². The minimum atomic E-state index is -0.825. The first-order valence-electron chi connectivity index (χ1n) is 9.57. The maximum atomic E-state index is 13.1. The molecule has 1 heterocycles. The molecule has 3 rings (SSSR count). The molecule has 4 amide bonds. The number of nitrogens with zero attached hydrogens (tertiary/aromatic N) is 1. The van der Waals surface area contributed by atoms with Crippen LogP contribution in [0.25, 0.3) is 6.08 Å². The number of nitrogens with one attached hydrogen (secondary N) is 1. The first-order valence-corrected chi connectivity index (χ1v) is 11.9. The molecule has 33 heavy (non-hydrogen) atoms. The summed E-state index contributed by atoms with van der Waals surface area (Å²) in [6.07, 6.45) is 1.37. The third-order valence-corrected chi connectivity index (χ3v) is 6.54. The van der Waals surface area contributed by atoms with Crippen LogP contribution in [0.15, 0.2) is 49.3 Å². The Balaban J connectivity index is 1.91. The van der Waals surface area contributed by atoms with Crippen LogP contribution in [0.5, 0.6) is 5.75 Å². The number of carbonyl (C=O) groups excluding carboxylic acids is 4. The van der Waals surface area contributed by atoms with E-state index in [1.54, 1.807) is 37.3 Å². The van der Waals surface area contributed by atoms with Crippen molar-refractivity contribution in [2.24, 2.45) is 0 Å². The lowest BCUT2D eigenvalue weighted by Gasteiger charge is -2.26. The van der Waals surface area contributed by atoms with Crippen molar-refractivity contribution in [3.63, 3.8) is 0 Å². The Hall–Kier alpha value is -2.50. The van der Waals surface area contributed by atoms with Gasteiger partial charge in [0.25, 0.3) is 11.8 Å². The van der Waals surface area contributed by atoms with Crippen LogP contribution < -0.4 is 15.0 Å². The third-order valence-electron chi connectivity index (χ3n) is 4.47. The summed E-state index contributed by atoms with van der Waals surface area (Å²) in [5.74, 6) is -1.71. The van der Waals surface area contributed by atoms with Gasteiger partial charge in [-0.15, -0.1) is 0 Å². The number of hydrogen-bond acceptors (Lipinski definition) is 6. The molecule has 0 bridgehead atoms. The number of benzene rings is 2. The third kappa shape index (κ3) is 5.71. The zero-order valence-electron chi connectivity index (χ0n) is 17.4. The molecular weight excluding hydrogens is 628 g/mol. The average molecular weight is 645 g/mol. The van der Waals surface area contributed by atoms with E-state index in [-0.39, 0.29) is 18.8 Å². The van der Waals surface area contributed by atoms with Gasteiger partial charge in [-0.05, 0) is 93.2 Å². The number of hydrogen-bond donors (Lipinski definition) is 1. The molecule has 1 aliphatic heterocycles. The second kappa shape index (κ2) is 10.6. The van der Waals surface area contributed by atoms with Crippen LogP contribution in [-0.2, 0) is 19.1 Å². The minimum Gasteiger partial charge on any atom is -0.480 e. The molecule has 2 aromatic carbocycles. The summed E-state index contributed by atoms with van der Waals surface area (Å²) in [7, 11) is 0. The highest BCUT2D eigenvalue weighted by Crippen LogP contribution is 2.36. The van der Waals surface area contributed by atoms with Crippen LogP contribution in [-0.4, -0.2) is 37.0 Å². The largest absolute Gasteiger partial charge is 0.480 e. The molecule has 1 saturated heterocycles. The number of anilines is 1. The highest BCUT2D eigenvalue weighted by Gasteiger charge is 2.37. The summed E-state index contributed by atoms with van der Waals surface area (Å²) in [4.78, 5) is 50.4. The SMILES string of the molecule is CCOC(=O)COc1c(Br)cc(/C=C2\C(=O)NC(=O)N(c3ccc(Br)c(C)c3)C2=O)cc1Br. The summed E-state index contributed by atoms with van der Waals surface area (Å²) >= 11 is 10.1. The van der Waals surface area contributed by atoms with Crippen molar-refractivity contribution in [1.29, 1.82) is 0 Å². The lowest BCUT2D eigenvalue weighted by molar-refractivity contribution is -0.145. The molecule has 0 saturated carbocycles. The van der Waals surface area contributed by atoms with Crippen LogP contribution in [0.3, 0.4) is 0 Å². The highest BCUT2D eigenvalue weighted by molar-refractivity contribution is 9.11. The first kappa shape index (κ1) is 25.1. The first-order chi connectivity index (χ1) is 15.6. The van der Waals surface area contributed by atoms with Crippen LogP contribution in [0.4, 0.5) is 10.5 Å². The molecule has 172 valence electrons. The molecule has 1 fully saturated rings. The number of amides is 4. The van der Waals surface area contributed by atoms with Gasteiger partial charge < -0.3 is 9.47 Å². The van der Waals surface area contributed by atoms with E-state index in [0.717, 1.165) is 14.9 Å². The number of urea groups is 1. The fraction of sp³-hybridized carbons (Fsp3) is 0.182. The van der Waals surface area contributed by atoms with Crippen molar-refractivity contribution in [2.45, 2.75) is 13.8 Å². The Kier molecular flexibility index (Phi) is 8.09. The normalized spacial score (nSPS) is 15.0. The highest BCUT2D eigenvalue weighted by atomic mass is 79.9. The van der Waals surface area contributed by atoms with Gasteiger partial charge in [0.15, 0.2) is 6.61 Å². The van der Waals surface area contributed by atoms with Gasteiger partial charge in [0.2, 0.25) is 0 Å². The van der Waals surface area contributed by atoms with Crippen molar-refractivity contribution in [3.8, 4) is 5.75 Å². The van der Waals surface area contributed by atoms with Gasteiger partial charge in [-0.1, -0.05) is 15.9 Å². The number of halogens is 3. The fourth-order valence-electron chi connectivity index (χ4n) is 2.96. The Morgan fingerprint density at radius 3 is 2.33 bits per heavy atom. The monoisotopic (exact) mass is 642 g/mol. The van der Waals surface area contributed by atoms with E-state index in [1.165, 1.54) is 6.08 Å². The fourth-order valence-corrected chi connectivity index (χ4v) is 4.66. The minimum absolute atomic E-state index is 0.214. The average Bonchev–Trinajstić information content (AvgIpc) is 2.73. The molecule has 0 atom stereocenters. The predicted molar refractivity (Wildman–Crippen MR) is 132 cm³/mol. The molecule has 0 spiro atoms. The zero-order chi connectivity index (χ0) is 24.3. The number of rotatable bonds is 6. The molecular formula is C22H17Br3N2O6. The quantitative estimate of drug-likeness (QED) is 0.273. The molecule has 0 aromatic heterocycles. The van der Waals surface area contributed by atoms with Crippen molar-refractivity contribution in [3.05, 3.63) is 60.5 Å². The van der Waals surface area contributed by atoms with Gasteiger partial charge in [0, 0.05) is 4.47 Å². The lowest BCUT2D eigenvalue weighted by atomic mass is 10.1. The maximum absolute atomic E-state index is 13.1. The zero-order valence-corrected chi connectivity index (χ0v) is 22.2. The second-order valence-electron chi connectivity index (χ2n) is 6.80. The van der Waals surface area contributed by atoms with Crippen LogP contribution in [0.1, 0.15) is 18.1 Å². The standard InChI is InChI=1S/C22H17Br3N2O6/c1-3-32-18(28)10-33-19-16(24)8-12(9-17(19)25)7-14-20(29)26-22(31)27(21(14)30)13-4-5-15(23)11(2)6-13/h4-9H,3,10H2,1-2H3,(H,26,29,31)/b14-7+. The Labute approximate surface area is 214 Å². The molecule has 8 nitrogen and oxygen atoms in total. The van der Waals surface area contributed by atoms with Gasteiger partial charge in [0.1, 0.15) is 11.3 Å². The topological polar surface area (TPSA) is 102 Å². The van der Waals surface area contributed by atoms with Crippen molar-refractivity contribution < 1.29 is 28.7 Å². The number of esters is 1.